The Kier molecular flexibility index (Phi) is 3.49. The highest BCUT2D eigenvalue weighted by Gasteiger charge is 2.06. The minimum atomic E-state index is 0.335. The van der Waals surface area contributed by atoms with Crippen molar-refractivity contribution in [3.63, 3.8) is 0 Å². The number of hydrogen-bond acceptors (Lipinski definition) is 3. The molecule has 82 valence electrons. The van der Waals surface area contributed by atoms with Gasteiger partial charge in [-0.15, -0.1) is 5.10 Å². The maximum absolute atomic E-state index is 5.80. The van der Waals surface area contributed by atoms with Gasteiger partial charge in [-0.3, -0.25) is 5.43 Å². The summed E-state index contributed by atoms with van der Waals surface area (Å²) in [6, 6.07) is 9.87. The van der Waals surface area contributed by atoms with E-state index in [1.807, 2.05) is 36.4 Å². The Bertz CT molecular complexity index is 452. The highest BCUT2D eigenvalue weighted by molar-refractivity contribution is 6.69. The lowest BCUT2D eigenvalue weighted by molar-refractivity contribution is 0.328. The molecule has 16 heavy (non-hydrogen) atoms. The Morgan fingerprint density at radius 3 is 2.62 bits per heavy atom. The van der Waals surface area contributed by atoms with Gasteiger partial charge in [0.05, 0.1) is 0 Å². The van der Waals surface area contributed by atoms with E-state index >= 15 is 0 Å². The normalized spacial score (nSPS) is 15.8. The molecule has 0 atom stereocenters. The summed E-state index contributed by atoms with van der Waals surface area (Å²) >= 11 is 11.6. The van der Waals surface area contributed by atoms with E-state index in [1.54, 1.807) is 6.20 Å². The van der Waals surface area contributed by atoms with Gasteiger partial charge in [-0.1, -0.05) is 53.5 Å². The lowest BCUT2D eigenvalue weighted by Crippen LogP contribution is -2.30. The molecule has 0 spiro atoms. The number of hydrogen-bond donors (Lipinski definition) is 1. The summed E-state index contributed by atoms with van der Waals surface area (Å²) in [6.45, 7) is 0. The van der Waals surface area contributed by atoms with Gasteiger partial charge in [-0.25, -0.2) is 0 Å². The molecule has 3 nitrogen and oxygen atoms in total. The first-order valence-electron chi connectivity index (χ1n) is 4.64. The van der Waals surface area contributed by atoms with E-state index in [1.165, 1.54) is 11.2 Å². The van der Waals surface area contributed by atoms with Gasteiger partial charge in [0.1, 0.15) is 5.16 Å². The first-order chi connectivity index (χ1) is 7.74. The summed E-state index contributed by atoms with van der Waals surface area (Å²) in [5.74, 6) is 0. The van der Waals surface area contributed by atoms with Crippen molar-refractivity contribution in [2.24, 2.45) is 5.10 Å². The summed E-state index contributed by atoms with van der Waals surface area (Å²) in [4.78, 5) is 0. The molecule has 5 heteroatoms. The molecule has 0 bridgehead atoms. The van der Waals surface area contributed by atoms with E-state index in [2.05, 4.69) is 10.5 Å². The third-order valence-corrected chi connectivity index (χ3v) is 2.26. The topological polar surface area (TPSA) is 27.6 Å². The number of hydrazine groups is 1. The zero-order chi connectivity index (χ0) is 11.4. The molecule has 1 heterocycles. The molecule has 0 radical (unpaired) electrons. The summed E-state index contributed by atoms with van der Waals surface area (Å²) in [5, 5.41) is 6.22. The largest absolute Gasteiger partial charge is 0.267 e. The highest BCUT2D eigenvalue weighted by atomic mass is 35.5. The van der Waals surface area contributed by atoms with Crippen LogP contribution in [0.5, 0.6) is 0 Å². The molecular weight excluding hydrogens is 245 g/mol. The van der Waals surface area contributed by atoms with E-state index in [-0.39, 0.29) is 0 Å². The van der Waals surface area contributed by atoms with Crippen LogP contribution in [-0.2, 0) is 0 Å². The lowest BCUT2D eigenvalue weighted by Gasteiger charge is -2.19. The number of halogens is 2. The maximum atomic E-state index is 5.80. The van der Waals surface area contributed by atoms with Gasteiger partial charge in [-0.2, -0.15) is 5.12 Å². The molecule has 0 aromatic heterocycles. The fraction of sp³-hybridized carbons (Fsp3) is 0. The number of hydrazone groups is 1. The van der Waals surface area contributed by atoms with Crippen molar-refractivity contribution in [3.05, 3.63) is 53.3 Å². The fourth-order valence-corrected chi connectivity index (χ4v) is 1.63. The van der Waals surface area contributed by atoms with Crippen LogP contribution < -0.4 is 5.43 Å². The predicted octanol–water partition coefficient (Wildman–Crippen LogP) is 3.11. The van der Waals surface area contributed by atoms with Crippen molar-refractivity contribution in [1.29, 1.82) is 0 Å². The van der Waals surface area contributed by atoms with Crippen molar-refractivity contribution in [2.75, 3.05) is 0 Å². The Morgan fingerprint density at radius 1 is 1.19 bits per heavy atom. The Labute approximate surface area is 104 Å². The monoisotopic (exact) mass is 253 g/mol. The van der Waals surface area contributed by atoms with Crippen LogP contribution in [0.3, 0.4) is 0 Å². The van der Waals surface area contributed by atoms with E-state index in [0.717, 1.165) is 5.56 Å². The molecule has 1 aromatic carbocycles. The van der Waals surface area contributed by atoms with Gasteiger partial charge in [0.2, 0.25) is 0 Å². The maximum Gasteiger partial charge on any atom is 0.154 e. The first kappa shape index (κ1) is 11.0. The second kappa shape index (κ2) is 5.05. The summed E-state index contributed by atoms with van der Waals surface area (Å²) in [7, 11) is 0. The molecule has 2 rings (SSSR count). The molecule has 1 aliphatic heterocycles. The number of rotatable bonds is 2. The van der Waals surface area contributed by atoms with E-state index in [9.17, 15) is 0 Å². The minimum Gasteiger partial charge on any atom is -0.267 e. The average molecular weight is 254 g/mol. The molecule has 1 aliphatic rings. The van der Waals surface area contributed by atoms with Crippen molar-refractivity contribution in [2.45, 2.75) is 0 Å². The van der Waals surface area contributed by atoms with E-state index < -0.39 is 0 Å². The third kappa shape index (κ3) is 3.02. The SMILES string of the molecule is ClC1=CC(Cl)=NN(C=Cc2ccccc2)N1. The molecule has 0 amide bonds. The van der Waals surface area contributed by atoms with Crippen LogP contribution in [-0.4, -0.2) is 10.3 Å². The Morgan fingerprint density at radius 2 is 1.94 bits per heavy atom. The Balaban J connectivity index is 2.07. The van der Waals surface area contributed by atoms with Crippen LogP contribution >= 0.6 is 23.2 Å². The van der Waals surface area contributed by atoms with Gasteiger partial charge >= 0.3 is 0 Å². The van der Waals surface area contributed by atoms with Crippen LogP contribution in [0.25, 0.3) is 6.08 Å². The summed E-state index contributed by atoms with van der Waals surface area (Å²) in [6.07, 6.45) is 5.18. The van der Waals surface area contributed by atoms with Crippen molar-refractivity contribution in [1.82, 2.24) is 10.5 Å². The van der Waals surface area contributed by atoms with Crippen LogP contribution in [0.15, 0.2) is 52.9 Å². The van der Waals surface area contributed by atoms with Gasteiger partial charge < -0.3 is 0 Å². The predicted molar refractivity (Wildman–Crippen MR) is 67.7 cm³/mol. The average Bonchev–Trinajstić information content (AvgIpc) is 2.27. The van der Waals surface area contributed by atoms with E-state index in [4.69, 9.17) is 23.2 Å². The van der Waals surface area contributed by atoms with Crippen LogP contribution in [0.4, 0.5) is 0 Å². The minimum absolute atomic E-state index is 0.335. The van der Waals surface area contributed by atoms with Crippen molar-refractivity contribution < 1.29 is 0 Å². The standard InChI is InChI=1S/C11H9Cl2N3/c12-10-8-11(13)15-16(14-10)7-6-9-4-2-1-3-5-9/h1-8,14H. The number of benzene rings is 1. The van der Waals surface area contributed by atoms with Gasteiger partial charge in [0, 0.05) is 12.3 Å². The first-order valence-corrected chi connectivity index (χ1v) is 5.40. The van der Waals surface area contributed by atoms with Crippen LogP contribution in [0, 0.1) is 0 Å². The molecule has 1 aromatic rings. The molecule has 0 unspecified atom stereocenters. The smallest absolute Gasteiger partial charge is 0.154 e. The van der Waals surface area contributed by atoms with Crippen LogP contribution in [0.1, 0.15) is 5.56 Å². The molecule has 0 saturated heterocycles. The van der Waals surface area contributed by atoms with E-state index in [0.29, 0.717) is 10.3 Å². The molecule has 1 N–H and O–H groups in total. The van der Waals surface area contributed by atoms with Crippen molar-refractivity contribution >= 4 is 34.4 Å². The van der Waals surface area contributed by atoms with Gasteiger partial charge in [-0.05, 0) is 11.6 Å². The van der Waals surface area contributed by atoms with Gasteiger partial charge in [0.15, 0.2) is 5.17 Å². The summed E-state index contributed by atoms with van der Waals surface area (Å²) in [5.41, 5.74) is 3.89. The zero-order valence-electron chi connectivity index (χ0n) is 8.27. The molecule has 0 fully saturated rings. The zero-order valence-corrected chi connectivity index (χ0v) is 9.78. The lowest BCUT2D eigenvalue weighted by atomic mass is 10.2. The second-order valence-corrected chi connectivity index (χ2v) is 3.89. The molecular formula is C11H9Cl2N3. The van der Waals surface area contributed by atoms with Gasteiger partial charge in [0.25, 0.3) is 0 Å². The fourth-order valence-electron chi connectivity index (χ4n) is 1.19. The second-order valence-electron chi connectivity index (χ2n) is 3.10. The number of nitrogens with zero attached hydrogens (tertiary/aromatic N) is 2. The van der Waals surface area contributed by atoms with Crippen LogP contribution in [0.2, 0.25) is 0 Å². The molecule has 0 saturated carbocycles. The quantitative estimate of drug-likeness (QED) is 0.821. The third-order valence-electron chi connectivity index (χ3n) is 1.88. The van der Waals surface area contributed by atoms with Crippen molar-refractivity contribution in [3.8, 4) is 0 Å². The highest BCUT2D eigenvalue weighted by Crippen LogP contribution is 2.10. The summed E-state index contributed by atoms with van der Waals surface area (Å²) < 4.78 is 0. The Hall–Kier alpha value is -1.45. The number of nitrogens with one attached hydrogen (secondary N) is 1. The number of allylic oxidation sites excluding steroid dienone is 1. The molecule has 0 aliphatic carbocycles.